The molecular formula is C12H14N2O2S. The molecule has 0 saturated heterocycles. The summed E-state index contributed by atoms with van der Waals surface area (Å²) < 4.78 is 1.73. The second-order valence-corrected chi connectivity index (χ2v) is 4.10. The summed E-state index contributed by atoms with van der Waals surface area (Å²) in [4.78, 5) is 0. The van der Waals surface area contributed by atoms with Crippen LogP contribution in [0.25, 0.3) is 5.69 Å². The Morgan fingerprint density at radius 2 is 1.94 bits per heavy atom. The Morgan fingerprint density at radius 1 is 1.24 bits per heavy atom. The normalized spacial score (nSPS) is 14.5. The molecular weight excluding hydrogens is 236 g/mol. The van der Waals surface area contributed by atoms with Gasteiger partial charge in [-0.2, -0.15) is 17.7 Å². The summed E-state index contributed by atoms with van der Waals surface area (Å²) in [5.41, 5.74) is 1.58. The highest BCUT2D eigenvalue weighted by atomic mass is 32.1. The lowest BCUT2D eigenvalue weighted by atomic mass is 10.1. The van der Waals surface area contributed by atoms with E-state index >= 15 is 0 Å². The van der Waals surface area contributed by atoms with Gasteiger partial charge in [0, 0.05) is 18.1 Å². The van der Waals surface area contributed by atoms with Crippen LogP contribution in [0, 0.1) is 0 Å². The maximum Gasteiger partial charge on any atom is 0.106 e. The van der Waals surface area contributed by atoms with E-state index in [-0.39, 0.29) is 5.75 Å². The predicted octanol–water partition coefficient (Wildman–Crippen LogP) is 1.20. The van der Waals surface area contributed by atoms with E-state index in [1.807, 2.05) is 24.4 Å². The first-order valence-corrected chi connectivity index (χ1v) is 5.92. The summed E-state index contributed by atoms with van der Waals surface area (Å²) >= 11 is 3.95. The summed E-state index contributed by atoms with van der Waals surface area (Å²) in [7, 11) is 0. The van der Waals surface area contributed by atoms with Gasteiger partial charge in [0.15, 0.2) is 0 Å². The number of nitrogens with zero attached hydrogens (tertiary/aromatic N) is 2. The van der Waals surface area contributed by atoms with Crippen molar-refractivity contribution >= 4 is 12.6 Å². The molecule has 1 aromatic heterocycles. The zero-order valence-corrected chi connectivity index (χ0v) is 10.0. The Bertz CT molecular complexity index is 456. The van der Waals surface area contributed by atoms with Crippen molar-refractivity contribution in [1.82, 2.24) is 9.78 Å². The highest BCUT2D eigenvalue weighted by Gasteiger charge is 2.16. The summed E-state index contributed by atoms with van der Waals surface area (Å²) in [5.74, 6) is 0.224. The molecule has 2 aromatic rings. The lowest BCUT2D eigenvalue weighted by Crippen LogP contribution is -2.19. The molecule has 0 bridgehead atoms. The minimum Gasteiger partial charge on any atom is -0.389 e. The minimum absolute atomic E-state index is 0.224. The summed E-state index contributed by atoms with van der Waals surface area (Å²) in [6.45, 7) is 0. The van der Waals surface area contributed by atoms with Gasteiger partial charge in [-0.1, -0.05) is 12.1 Å². The van der Waals surface area contributed by atoms with E-state index in [2.05, 4.69) is 17.7 Å². The zero-order valence-electron chi connectivity index (χ0n) is 9.14. The molecule has 0 aliphatic rings. The number of rotatable bonds is 4. The van der Waals surface area contributed by atoms with Crippen LogP contribution < -0.4 is 0 Å². The molecule has 0 aliphatic heterocycles. The lowest BCUT2D eigenvalue weighted by Gasteiger charge is -2.16. The lowest BCUT2D eigenvalue weighted by molar-refractivity contribution is 0.0337. The van der Waals surface area contributed by atoms with Gasteiger partial charge in [-0.25, -0.2) is 4.68 Å². The molecule has 2 rings (SSSR count). The van der Waals surface area contributed by atoms with Crippen LogP contribution >= 0.6 is 12.6 Å². The number of aliphatic hydroxyl groups is 2. The van der Waals surface area contributed by atoms with Crippen LogP contribution in [-0.4, -0.2) is 31.9 Å². The van der Waals surface area contributed by atoms with Crippen molar-refractivity contribution in [1.29, 1.82) is 0 Å². The average molecular weight is 250 g/mol. The Kier molecular flexibility index (Phi) is 3.83. The van der Waals surface area contributed by atoms with Crippen LogP contribution in [0.15, 0.2) is 42.7 Å². The first-order valence-electron chi connectivity index (χ1n) is 5.29. The van der Waals surface area contributed by atoms with Gasteiger partial charge in [-0.3, -0.25) is 0 Å². The first kappa shape index (κ1) is 12.2. The third-order valence-electron chi connectivity index (χ3n) is 2.56. The fourth-order valence-corrected chi connectivity index (χ4v) is 1.77. The molecule has 4 nitrogen and oxygen atoms in total. The van der Waals surface area contributed by atoms with Crippen molar-refractivity contribution in [3.05, 3.63) is 48.3 Å². The van der Waals surface area contributed by atoms with Crippen molar-refractivity contribution in [2.45, 2.75) is 12.2 Å². The Labute approximate surface area is 105 Å². The van der Waals surface area contributed by atoms with E-state index in [0.717, 1.165) is 5.69 Å². The van der Waals surface area contributed by atoms with Crippen LogP contribution in [-0.2, 0) is 0 Å². The topological polar surface area (TPSA) is 58.3 Å². The quantitative estimate of drug-likeness (QED) is 0.715. The van der Waals surface area contributed by atoms with E-state index in [9.17, 15) is 10.2 Å². The largest absolute Gasteiger partial charge is 0.389 e. The van der Waals surface area contributed by atoms with Crippen LogP contribution in [0.1, 0.15) is 11.7 Å². The summed E-state index contributed by atoms with van der Waals surface area (Å²) in [5, 5.41) is 23.4. The maximum atomic E-state index is 9.79. The van der Waals surface area contributed by atoms with Crippen LogP contribution in [0.5, 0.6) is 0 Å². The zero-order chi connectivity index (χ0) is 12.3. The van der Waals surface area contributed by atoms with Crippen molar-refractivity contribution in [2.75, 3.05) is 5.75 Å². The van der Waals surface area contributed by atoms with E-state index < -0.39 is 12.2 Å². The molecule has 1 heterocycles. The molecule has 0 radical (unpaired) electrons. The second kappa shape index (κ2) is 5.35. The molecule has 0 saturated carbocycles. The third kappa shape index (κ3) is 2.69. The van der Waals surface area contributed by atoms with Gasteiger partial charge in [-0.05, 0) is 23.8 Å². The third-order valence-corrected chi connectivity index (χ3v) is 2.93. The number of thiol groups is 1. The Hall–Kier alpha value is -1.30. The van der Waals surface area contributed by atoms with Crippen molar-refractivity contribution in [3.8, 4) is 5.69 Å². The maximum absolute atomic E-state index is 9.79. The number of hydrogen-bond acceptors (Lipinski definition) is 4. The van der Waals surface area contributed by atoms with Crippen molar-refractivity contribution in [3.63, 3.8) is 0 Å². The molecule has 0 amide bonds. The average Bonchev–Trinajstić information content (AvgIpc) is 2.91. The highest BCUT2D eigenvalue weighted by molar-refractivity contribution is 7.80. The molecule has 2 unspecified atom stereocenters. The fraction of sp³-hybridized carbons (Fsp3) is 0.250. The molecule has 17 heavy (non-hydrogen) atoms. The van der Waals surface area contributed by atoms with E-state index in [4.69, 9.17) is 0 Å². The number of aromatic nitrogens is 2. The van der Waals surface area contributed by atoms with Crippen molar-refractivity contribution < 1.29 is 10.2 Å². The van der Waals surface area contributed by atoms with E-state index in [0.29, 0.717) is 5.56 Å². The molecule has 0 aliphatic carbocycles. The number of hydrogen-bond donors (Lipinski definition) is 3. The molecule has 5 heteroatoms. The van der Waals surface area contributed by atoms with Gasteiger partial charge in [0.2, 0.25) is 0 Å². The van der Waals surface area contributed by atoms with Gasteiger partial charge in [0.1, 0.15) is 6.10 Å². The van der Waals surface area contributed by atoms with E-state index in [1.165, 1.54) is 0 Å². The fourth-order valence-electron chi connectivity index (χ4n) is 1.57. The van der Waals surface area contributed by atoms with Crippen LogP contribution in [0.4, 0.5) is 0 Å². The van der Waals surface area contributed by atoms with Gasteiger partial charge in [0.05, 0.1) is 11.8 Å². The first-order chi connectivity index (χ1) is 8.22. The molecule has 2 N–H and O–H groups in total. The molecule has 1 aromatic carbocycles. The summed E-state index contributed by atoms with van der Waals surface area (Å²) in [6.07, 6.45) is 1.79. The van der Waals surface area contributed by atoms with E-state index in [1.54, 1.807) is 23.0 Å². The second-order valence-electron chi connectivity index (χ2n) is 3.74. The Morgan fingerprint density at radius 3 is 2.47 bits per heavy atom. The monoisotopic (exact) mass is 250 g/mol. The van der Waals surface area contributed by atoms with Gasteiger partial charge in [-0.15, -0.1) is 0 Å². The minimum atomic E-state index is -0.904. The highest BCUT2D eigenvalue weighted by Crippen LogP contribution is 2.19. The van der Waals surface area contributed by atoms with Crippen molar-refractivity contribution in [2.24, 2.45) is 0 Å². The SMILES string of the molecule is OC(CS)C(O)c1ccc(-n2cccn2)cc1. The summed E-state index contributed by atoms with van der Waals surface area (Å²) in [6, 6.07) is 9.07. The van der Waals surface area contributed by atoms with Gasteiger partial charge >= 0.3 is 0 Å². The molecule has 2 atom stereocenters. The number of benzene rings is 1. The molecule has 90 valence electrons. The smallest absolute Gasteiger partial charge is 0.106 e. The predicted molar refractivity (Wildman–Crippen MR) is 68.4 cm³/mol. The standard InChI is InChI=1S/C12H14N2O2S/c15-11(8-17)12(16)9-2-4-10(5-3-9)14-7-1-6-13-14/h1-7,11-12,15-17H,8H2. The Balaban J connectivity index is 2.18. The van der Waals surface area contributed by atoms with Gasteiger partial charge < -0.3 is 10.2 Å². The number of aliphatic hydroxyl groups excluding tert-OH is 2. The van der Waals surface area contributed by atoms with Gasteiger partial charge in [0.25, 0.3) is 0 Å². The van der Waals surface area contributed by atoms with Crippen LogP contribution in [0.2, 0.25) is 0 Å². The van der Waals surface area contributed by atoms with Crippen LogP contribution in [0.3, 0.4) is 0 Å². The molecule has 0 spiro atoms. The molecule has 0 fully saturated rings.